The summed E-state index contributed by atoms with van der Waals surface area (Å²) < 4.78 is 1.03. The second-order valence-electron chi connectivity index (χ2n) is 16.5. The topological polar surface area (TPSA) is 89.8 Å². The number of carbonyl (C=O) groups is 1. The van der Waals surface area contributed by atoms with Crippen molar-refractivity contribution in [3.63, 3.8) is 0 Å². The van der Waals surface area contributed by atoms with Gasteiger partial charge >= 0.3 is 0 Å². The molecule has 5 aliphatic rings. The minimum absolute atomic E-state index is 0.0997. The molecule has 0 radical (unpaired) electrons. The van der Waals surface area contributed by atoms with Crippen molar-refractivity contribution in [2.75, 3.05) is 19.6 Å². The molecule has 0 aromatic heterocycles. The molecule has 0 bridgehead atoms. The number of para-hydroxylation sites is 1. The number of fused-ring (bicyclic) bond motifs is 5. The third-order valence-electron chi connectivity index (χ3n) is 14.5. The summed E-state index contributed by atoms with van der Waals surface area (Å²) in [7, 11) is 0. The lowest BCUT2D eigenvalue weighted by Crippen LogP contribution is -2.62. The molecule has 1 heterocycles. The van der Waals surface area contributed by atoms with Crippen molar-refractivity contribution < 1.29 is 20.1 Å². The van der Waals surface area contributed by atoms with E-state index in [4.69, 9.17) is 0 Å². The minimum atomic E-state index is -0.375. The number of likely N-dealkylation sites (tertiary alicyclic amines) is 1. The fourth-order valence-electron chi connectivity index (χ4n) is 12.0. The third kappa shape index (κ3) is 5.58. The number of aliphatic hydroxyl groups is 3. The van der Waals surface area contributed by atoms with Gasteiger partial charge < -0.3 is 20.6 Å². The molecule has 246 valence electrons. The number of amides is 1. The van der Waals surface area contributed by atoms with Crippen LogP contribution in [0.1, 0.15) is 105 Å². The van der Waals surface area contributed by atoms with Crippen LogP contribution in [0.2, 0.25) is 0 Å². The van der Waals surface area contributed by atoms with Crippen LogP contribution in [0.25, 0.3) is 0 Å². The van der Waals surface area contributed by atoms with Gasteiger partial charge in [-0.3, -0.25) is 9.28 Å². The van der Waals surface area contributed by atoms with E-state index < -0.39 is 0 Å². The van der Waals surface area contributed by atoms with Crippen LogP contribution in [-0.2, 0) is 4.79 Å². The van der Waals surface area contributed by atoms with Gasteiger partial charge in [-0.15, -0.1) is 0 Å². The van der Waals surface area contributed by atoms with Crippen LogP contribution in [0.15, 0.2) is 30.3 Å². The molecule has 0 spiro atoms. The Hall–Kier alpha value is -1.47. The molecule has 0 unspecified atom stereocenters. The zero-order valence-electron chi connectivity index (χ0n) is 28.0. The number of piperidine rings is 1. The van der Waals surface area contributed by atoms with Crippen molar-refractivity contribution in [2.45, 2.75) is 129 Å². The second-order valence-corrected chi connectivity index (χ2v) is 16.5. The molecule has 11 atom stereocenters. The first-order valence-corrected chi connectivity index (χ1v) is 18.3. The third-order valence-corrected chi connectivity index (χ3v) is 14.5. The van der Waals surface area contributed by atoms with Crippen molar-refractivity contribution in [3.05, 3.63) is 30.3 Å². The number of carbonyl (C=O) groups excluding carboxylic acids is 1. The maximum atomic E-state index is 13.2. The first kappa shape index (κ1) is 32.5. The first-order valence-electron chi connectivity index (χ1n) is 18.3. The largest absolute Gasteiger partial charge is 0.393 e. The molecular formula is C38H61N2O4+. The van der Waals surface area contributed by atoms with Crippen LogP contribution in [0, 0.1) is 46.3 Å². The maximum absolute atomic E-state index is 13.2. The molecule has 4 N–H and O–H groups in total. The van der Waals surface area contributed by atoms with Crippen molar-refractivity contribution in [1.82, 2.24) is 9.80 Å². The summed E-state index contributed by atoms with van der Waals surface area (Å²) >= 11 is 0. The number of nitrogens with zero attached hydrogens (tertiary/aromatic N) is 1. The summed E-state index contributed by atoms with van der Waals surface area (Å²) in [5.74, 6) is 2.14. The average Bonchev–Trinajstić information content (AvgIpc) is 3.37. The molecule has 1 aromatic rings. The van der Waals surface area contributed by atoms with E-state index in [1.54, 1.807) is 0 Å². The van der Waals surface area contributed by atoms with Gasteiger partial charge in [0.2, 0.25) is 5.91 Å². The molecule has 1 aliphatic heterocycles. The Morgan fingerprint density at radius 2 is 1.70 bits per heavy atom. The van der Waals surface area contributed by atoms with E-state index in [0.717, 1.165) is 94.7 Å². The van der Waals surface area contributed by atoms with Gasteiger partial charge in [0.1, 0.15) is 5.69 Å². The van der Waals surface area contributed by atoms with Gasteiger partial charge in [-0.2, -0.15) is 0 Å². The molecule has 1 saturated heterocycles. The Labute approximate surface area is 266 Å². The van der Waals surface area contributed by atoms with E-state index in [-0.39, 0.29) is 47.0 Å². The van der Waals surface area contributed by atoms with Gasteiger partial charge in [0.25, 0.3) is 0 Å². The van der Waals surface area contributed by atoms with Crippen LogP contribution < -0.4 is 9.80 Å². The van der Waals surface area contributed by atoms with Crippen molar-refractivity contribution >= 4 is 11.6 Å². The molecule has 44 heavy (non-hydrogen) atoms. The van der Waals surface area contributed by atoms with Crippen LogP contribution in [0.5, 0.6) is 0 Å². The molecule has 1 amide bonds. The fourth-order valence-corrected chi connectivity index (χ4v) is 12.0. The van der Waals surface area contributed by atoms with Gasteiger partial charge in [0.05, 0.1) is 37.9 Å². The van der Waals surface area contributed by atoms with Crippen molar-refractivity contribution in [3.8, 4) is 0 Å². The summed E-state index contributed by atoms with van der Waals surface area (Å²) in [5, 5.41) is 37.2. The lowest BCUT2D eigenvalue weighted by molar-refractivity contribution is -0.207. The Kier molecular flexibility index (Phi) is 9.31. The number of aliphatic hydroxyl groups excluding tert-OH is 3. The minimum Gasteiger partial charge on any atom is -0.393 e. The lowest BCUT2D eigenvalue weighted by atomic mass is 9.43. The standard InChI is InChI=1S/C38H60N2O4/c1-5-19-40(28-9-7-6-8-10-28)20-16-27(17-21-40)39-35(44)14-11-25(2)30-12-13-31-36-32(24-34(43)38(30,31)4)37(3)18-15-29(41)22-26(37)23-33(36)42/h6-10,25-27,29-34,36,41-43H,5,11-24H2,1-4H3/p+1/t25-,26+,27?,29-,30-,31+,32+,33-,34+,36+,37+,38-,40?/m1/s1. The highest BCUT2D eigenvalue weighted by Crippen LogP contribution is 2.68. The molecular weight excluding hydrogens is 548 g/mol. The van der Waals surface area contributed by atoms with Crippen molar-refractivity contribution in [1.29, 1.82) is 0 Å². The summed E-state index contributed by atoms with van der Waals surface area (Å²) in [4.78, 5) is 13.2. The molecule has 4 aliphatic carbocycles. The van der Waals surface area contributed by atoms with E-state index in [9.17, 15) is 20.1 Å². The number of nitrogens with one attached hydrogen (secondary N) is 1. The molecule has 6 heteroatoms. The summed E-state index contributed by atoms with van der Waals surface area (Å²) in [6, 6.07) is 11.2. The normalized spacial score (nSPS) is 45.9. The summed E-state index contributed by atoms with van der Waals surface area (Å²) in [5.41, 5.74) is 1.29. The Morgan fingerprint density at radius 3 is 2.41 bits per heavy atom. The number of rotatable bonds is 8. The summed E-state index contributed by atoms with van der Waals surface area (Å²) in [6.07, 6.45) is 10.00. The molecule has 6 nitrogen and oxygen atoms in total. The quantitative estimate of drug-likeness (QED) is 0.270. The number of benzene rings is 1. The van der Waals surface area contributed by atoms with Crippen LogP contribution in [-0.4, -0.2) is 65.2 Å². The number of hydrogen-bond acceptors (Lipinski definition) is 4. The van der Waals surface area contributed by atoms with E-state index in [0.29, 0.717) is 36.0 Å². The van der Waals surface area contributed by atoms with E-state index in [1.807, 2.05) is 0 Å². The Bertz CT molecular complexity index is 1140. The molecule has 5 fully saturated rings. The van der Waals surface area contributed by atoms with Gasteiger partial charge in [-0.25, -0.2) is 0 Å². The number of hydrogen-bond donors (Lipinski definition) is 4. The predicted molar refractivity (Wildman–Crippen MR) is 177 cm³/mol. The zero-order valence-corrected chi connectivity index (χ0v) is 28.0. The van der Waals surface area contributed by atoms with Gasteiger partial charge in [-0.05, 0) is 116 Å². The second kappa shape index (κ2) is 12.6. The van der Waals surface area contributed by atoms with E-state index >= 15 is 0 Å². The Morgan fingerprint density at radius 1 is 0.977 bits per heavy atom. The predicted octanol–water partition coefficient (Wildman–Crippen LogP) is 6.06. The highest BCUT2D eigenvalue weighted by atomic mass is 16.3. The number of quaternary nitrogens is 1. The molecule has 6 rings (SSSR count). The van der Waals surface area contributed by atoms with Crippen LogP contribution in [0.3, 0.4) is 0 Å². The molecule has 4 saturated carbocycles. The fraction of sp³-hybridized carbons (Fsp3) is 0.816. The van der Waals surface area contributed by atoms with E-state index in [2.05, 4.69) is 63.3 Å². The van der Waals surface area contributed by atoms with Crippen LogP contribution in [0.4, 0.5) is 5.69 Å². The monoisotopic (exact) mass is 609 g/mol. The summed E-state index contributed by atoms with van der Waals surface area (Å²) in [6.45, 7) is 12.6. The van der Waals surface area contributed by atoms with Gasteiger partial charge in [0, 0.05) is 25.3 Å². The van der Waals surface area contributed by atoms with Crippen LogP contribution >= 0.6 is 0 Å². The highest BCUT2D eigenvalue weighted by molar-refractivity contribution is 5.76. The van der Waals surface area contributed by atoms with Gasteiger partial charge in [0.15, 0.2) is 0 Å². The maximum Gasteiger partial charge on any atom is 0.220 e. The average molecular weight is 610 g/mol. The zero-order chi connectivity index (χ0) is 31.3. The molecule has 1 aromatic carbocycles. The SMILES string of the molecule is CCC[N+]1(c2ccccc2)CCC(NC(=O)CC[C@@H](C)[C@H]2CC[C@H]3[C@@H]4[C@H](O)C[C@@H]5C[C@H](O)CC[C@]5(C)[C@H]4C[C@H](O)[C@]23C)CC1. The highest BCUT2D eigenvalue weighted by Gasteiger charge is 2.65. The van der Waals surface area contributed by atoms with Gasteiger partial charge in [-0.1, -0.05) is 45.9 Å². The smallest absolute Gasteiger partial charge is 0.220 e. The van der Waals surface area contributed by atoms with Crippen molar-refractivity contribution in [2.24, 2.45) is 46.3 Å². The first-order chi connectivity index (χ1) is 21.0. The lowest BCUT2D eigenvalue weighted by Gasteiger charge is -2.63. The van der Waals surface area contributed by atoms with E-state index in [1.165, 1.54) is 5.69 Å². The Balaban J connectivity index is 1.05.